The number of hydrogen-bond acceptors (Lipinski definition) is 4. The first kappa shape index (κ1) is 24.4. The number of carbonyl (C=O) groups excluding carboxylic acids is 2. The van der Waals surface area contributed by atoms with Crippen molar-refractivity contribution in [1.29, 1.82) is 0 Å². The number of halogens is 1. The third-order valence-electron chi connectivity index (χ3n) is 4.79. The molecule has 28 heavy (non-hydrogen) atoms. The van der Waals surface area contributed by atoms with Gasteiger partial charge in [0.05, 0.1) is 18.2 Å². The number of methoxy groups -OCH3 is 1. The molecule has 0 spiro atoms. The van der Waals surface area contributed by atoms with Crippen LogP contribution in [-0.4, -0.2) is 30.1 Å². The first-order valence-corrected chi connectivity index (χ1v) is 10.5. The fourth-order valence-corrected chi connectivity index (χ4v) is 3.40. The standard InChI is InChI=1S/C23H33ClO4/c1-4-5-10-17(2)15-19(25)14-13-18-16-21(24)23(27)20(18)11-8-6-7-9-12-22(26)28-3/h9,11-14,16-19,25H,4-8,10,15H2,1-3H3. The summed E-state index contributed by atoms with van der Waals surface area (Å²) in [5.41, 5.74) is 0.657. The minimum atomic E-state index is -0.514. The van der Waals surface area contributed by atoms with E-state index in [-0.39, 0.29) is 22.7 Å². The minimum Gasteiger partial charge on any atom is -0.466 e. The maximum atomic E-state index is 12.3. The second-order valence-corrected chi connectivity index (χ2v) is 7.73. The van der Waals surface area contributed by atoms with Crippen molar-refractivity contribution in [3.8, 4) is 0 Å². The van der Waals surface area contributed by atoms with Crippen LogP contribution in [0.1, 0.15) is 58.8 Å². The smallest absolute Gasteiger partial charge is 0.330 e. The SMILES string of the molecule is CCCCC(C)CC(O)C=CC1C=C(Cl)C(=O)C1=CCCCC=CC(=O)OC. The van der Waals surface area contributed by atoms with Gasteiger partial charge in [-0.1, -0.05) is 75.1 Å². The van der Waals surface area contributed by atoms with Crippen LogP contribution in [0, 0.1) is 11.8 Å². The lowest BCUT2D eigenvalue weighted by Gasteiger charge is -2.14. The number of carbonyl (C=O) groups is 2. The van der Waals surface area contributed by atoms with Gasteiger partial charge in [-0.3, -0.25) is 4.79 Å². The average Bonchev–Trinajstić information content (AvgIpc) is 2.94. The highest BCUT2D eigenvalue weighted by molar-refractivity contribution is 6.46. The fraction of sp³-hybridized carbons (Fsp3) is 0.565. The monoisotopic (exact) mass is 408 g/mol. The molecule has 0 radical (unpaired) electrons. The van der Waals surface area contributed by atoms with Crippen molar-refractivity contribution in [2.45, 2.75) is 64.9 Å². The Labute approximate surface area is 174 Å². The van der Waals surface area contributed by atoms with Crippen molar-refractivity contribution in [2.75, 3.05) is 7.11 Å². The van der Waals surface area contributed by atoms with Gasteiger partial charge in [0.2, 0.25) is 5.78 Å². The predicted octanol–water partition coefficient (Wildman–Crippen LogP) is 5.27. The highest BCUT2D eigenvalue weighted by Crippen LogP contribution is 2.31. The molecule has 1 rings (SSSR count). The molecule has 0 aliphatic heterocycles. The molecule has 3 atom stereocenters. The zero-order valence-corrected chi connectivity index (χ0v) is 18.0. The van der Waals surface area contributed by atoms with Crippen LogP contribution in [0.3, 0.4) is 0 Å². The normalized spacial score (nSPS) is 20.9. The van der Waals surface area contributed by atoms with Crippen molar-refractivity contribution in [3.63, 3.8) is 0 Å². The van der Waals surface area contributed by atoms with Gasteiger partial charge >= 0.3 is 5.97 Å². The van der Waals surface area contributed by atoms with E-state index in [0.29, 0.717) is 17.9 Å². The zero-order valence-electron chi connectivity index (χ0n) is 17.2. The Morgan fingerprint density at radius 3 is 2.79 bits per heavy atom. The van der Waals surface area contributed by atoms with E-state index in [1.54, 1.807) is 18.2 Å². The summed E-state index contributed by atoms with van der Waals surface area (Å²) >= 11 is 6.03. The summed E-state index contributed by atoms with van der Waals surface area (Å²) in [6.07, 6.45) is 16.4. The molecule has 0 bridgehead atoms. The molecule has 0 aromatic carbocycles. The Morgan fingerprint density at radius 2 is 2.11 bits per heavy atom. The number of allylic oxidation sites excluding steroid dienone is 6. The highest BCUT2D eigenvalue weighted by atomic mass is 35.5. The largest absolute Gasteiger partial charge is 0.466 e. The van der Waals surface area contributed by atoms with E-state index in [0.717, 1.165) is 32.1 Å². The molecular weight excluding hydrogens is 376 g/mol. The maximum absolute atomic E-state index is 12.3. The van der Waals surface area contributed by atoms with E-state index in [9.17, 15) is 14.7 Å². The van der Waals surface area contributed by atoms with Crippen LogP contribution in [0.2, 0.25) is 0 Å². The average molecular weight is 409 g/mol. The maximum Gasteiger partial charge on any atom is 0.330 e. The molecule has 0 amide bonds. The number of ether oxygens (including phenoxy) is 1. The lowest BCUT2D eigenvalue weighted by Crippen LogP contribution is -2.10. The molecule has 0 saturated heterocycles. The Bertz CT molecular complexity index is 631. The molecule has 3 unspecified atom stereocenters. The fourth-order valence-electron chi connectivity index (χ4n) is 3.15. The van der Waals surface area contributed by atoms with Crippen LogP contribution in [0.25, 0.3) is 0 Å². The van der Waals surface area contributed by atoms with E-state index < -0.39 is 6.10 Å². The van der Waals surface area contributed by atoms with Gasteiger partial charge in [-0.15, -0.1) is 0 Å². The van der Waals surface area contributed by atoms with Gasteiger partial charge in [0, 0.05) is 17.6 Å². The number of unbranched alkanes of at least 4 members (excludes halogenated alkanes) is 3. The van der Waals surface area contributed by atoms with Crippen molar-refractivity contribution in [3.05, 3.63) is 47.1 Å². The summed E-state index contributed by atoms with van der Waals surface area (Å²) in [4.78, 5) is 23.3. The Balaban J connectivity index is 2.57. The highest BCUT2D eigenvalue weighted by Gasteiger charge is 2.27. The number of ketones is 1. The molecular formula is C23H33ClO4. The number of esters is 1. The lowest BCUT2D eigenvalue weighted by atomic mass is 9.95. The molecule has 0 aromatic heterocycles. The van der Waals surface area contributed by atoms with Gasteiger partial charge < -0.3 is 9.84 Å². The number of rotatable bonds is 12. The first-order chi connectivity index (χ1) is 13.4. The molecule has 0 saturated carbocycles. The molecule has 5 heteroatoms. The van der Waals surface area contributed by atoms with Crippen LogP contribution in [0.5, 0.6) is 0 Å². The summed E-state index contributed by atoms with van der Waals surface area (Å²) in [5.74, 6) is -0.233. The Morgan fingerprint density at radius 1 is 1.36 bits per heavy atom. The summed E-state index contributed by atoms with van der Waals surface area (Å²) in [6, 6.07) is 0. The quantitative estimate of drug-likeness (QED) is 0.207. The van der Waals surface area contributed by atoms with Gasteiger partial charge in [-0.2, -0.15) is 0 Å². The molecule has 0 fully saturated rings. The number of hydrogen-bond donors (Lipinski definition) is 1. The van der Waals surface area contributed by atoms with Gasteiger partial charge in [-0.05, 0) is 31.6 Å². The number of aliphatic hydroxyl groups excluding tert-OH is 1. The van der Waals surface area contributed by atoms with E-state index in [1.165, 1.54) is 19.6 Å². The van der Waals surface area contributed by atoms with Gasteiger partial charge in [-0.25, -0.2) is 4.79 Å². The van der Waals surface area contributed by atoms with E-state index in [4.69, 9.17) is 11.6 Å². The third kappa shape index (κ3) is 9.03. The topological polar surface area (TPSA) is 63.6 Å². The predicted molar refractivity (Wildman–Crippen MR) is 114 cm³/mol. The van der Waals surface area contributed by atoms with Crippen LogP contribution in [-0.2, 0) is 14.3 Å². The zero-order chi connectivity index (χ0) is 20.9. The van der Waals surface area contributed by atoms with Crippen LogP contribution in [0.4, 0.5) is 0 Å². The molecule has 156 valence electrons. The second-order valence-electron chi connectivity index (χ2n) is 7.32. The van der Waals surface area contributed by atoms with Crippen molar-refractivity contribution in [2.24, 2.45) is 11.8 Å². The Hall–Kier alpha value is -1.65. The summed E-state index contributed by atoms with van der Waals surface area (Å²) in [6.45, 7) is 4.32. The number of aliphatic hydroxyl groups is 1. The molecule has 1 N–H and O–H groups in total. The molecule has 0 heterocycles. The van der Waals surface area contributed by atoms with E-state index in [2.05, 4.69) is 18.6 Å². The molecule has 0 aromatic rings. The van der Waals surface area contributed by atoms with Crippen molar-refractivity contribution >= 4 is 23.4 Å². The molecule has 1 aliphatic carbocycles. The second kappa shape index (κ2) is 13.5. The van der Waals surface area contributed by atoms with Crippen molar-refractivity contribution < 1.29 is 19.4 Å². The lowest BCUT2D eigenvalue weighted by molar-refractivity contribution is -0.134. The summed E-state index contributed by atoms with van der Waals surface area (Å²) in [7, 11) is 1.34. The number of Topliss-reactive ketones (excluding diaryl/α,β-unsaturated/α-hetero) is 1. The Kier molecular flexibility index (Phi) is 11.8. The van der Waals surface area contributed by atoms with Gasteiger partial charge in [0.25, 0.3) is 0 Å². The van der Waals surface area contributed by atoms with Gasteiger partial charge in [0.1, 0.15) is 0 Å². The molecule has 1 aliphatic rings. The van der Waals surface area contributed by atoms with Crippen molar-refractivity contribution in [1.82, 2.24) is 0 Å². The van der Waals surface area contributed by atoms with E-state index in [1.807, 2.05) is 12.2 Å². The van der Waals surface area contributed by atoms with Crippen LogP contribution >= 0.6 is 11.6 Å². The van der Waals surface area contributed by atoms with Crippen LogP contribution < -0.4 is 0 Å². The van der Waals surface area contributed by atoms with Crippen LogP contribution in [0.15, 0.2) is 47.1 Å². The summed E-state index contributed by atoms with van der Waals surface area (Å²) < 4.78 is 4.54. The minimum absolute atomic E-state index is 0.146. The first-order valence-electron chi connectivity index (χ1n) is 10.1. The summed E-state index contributed by atoms with van der Waals surface area (Å²) in [5, 5.41) is 10.5. The molecule has 4 nitrogen and oxygen atoms in total. The third-order valence-corrected chi connectivity index (χ3v) is 5.09. The van der Waals surface area contributed by atoms with E-state index >= 15 is 0 Å². The van der Waals surface area contributed by atoms with Gasteiger partial charge in [0.15, 0.2) is 0 Å².